The maximum absolute atomic E-state index is 12.9. The van der Waals surface area contributed by atoms with Crippen LogP contribution in [-0.4, -0.2) is 15.8 Å². The van der Waals surface area contributed by atoms with Gasteiger partial charge in [-0.2, -0.15) is 0 Å². The Labute approximate surface area is 168 Å². The van der Waals surface area contributed by atoms with Gasteiger partial charge in [-0.1, -0.05) is 24.3 Å². The monoisotopic (exact) mass is 384 g/mol. The van der Waals surface area contributed by atoms with Crippen molar-refractivity contribution < 1.29 is 4.79 Å². The molecule has 0 spiro atoms. The highest BCUT2D eigenvalue weighted by Gasteiger charge is 2.24. The number of nitrogens with zero attached hydrogens (tertiary/aromatic N) is 2. The van der Waals surface area contributed by atoms with Crippen LogP contribution in [0.15, 0.2) is 60.9 Å². The molecular formula is C24H20N2OS. The van der Waals surface area contributed by atoms with Crippen LogP contribution in [-0.2, 0) is 6.42 Å². The summed E-state index contributed by atoms with van der Waals surface area (Å²) in [5, 5.41) is 0.945. The van der Waals surface area contributed by atoms with Crippen molar-refractivity contribution in [3.05, 3.63) is 83.2 Å². The van der Waals surface area contributed by atoms with Gasteiger partial charge in [-0.15, -0.1) is 11.3 Å². The Kier molecular flexibility index (Phi) is 4.29. The van der Waals surface area contributed by atoms with E-state index < -0.39 is 0 Å². The van der Waals surface area contributed by atoms with E-state index in [1.165, 1.54) is 11.1 Å². The van der Waals surface area contributed by atoms with Crippen LogP contribution in [0.3, 0.4) is 0 Å². The number of fused-ring (bicyclic) bond motifs is 2. The molecule has 2 aromatic heterocycles. The summed E-state index contributed by atoms with van der Waals surface area (Å²) in [6.45, 7) is 2.03. The first-order valence-corrected chi connectivity index (χ1v) is 10.4. The normalized spacial score (nSPS) is 15.7. The van der Waals surface area contributed by atoms with Crippen molar-refractivity contribution in [1.82, 2.24) is 9.97 Å². The van der Waals surface area contributed by atoms with Gasteiger partial charge in [0.2, 0.25) is 0 Å². The molecular weight excluding hydrogens is 364 g/mol. The molecule has 0 amide bonds. The maximum Gasteiger partial charge on any atom is 0.163 e. The minimum absolute atomic E-state index is 0.218. The fourth-order valence-electron chi connectivity index (χ4n) is 4.09. The largest absolute Gasteiger partial charge is 0.294 e. The Bertz CT molecular complexity index is 1190. The van der Waals surface area contributed by atoms with Crippen molar-refractivity contribution in [1.29, 1.82) is 0 Å². The highest BCUT2D eigenvalue weighted by atomic mass is 32.1. The van der Waals surface area contributed by atoms with Gasteiger partial charge < -0.3 is 0 Å². The SMILES string of the molecule is Cc1cncc(-c2nc3ccc(C(=O)C[C@H]4CCc5ccccc54)cc3s2)c1. The summed E-state index contributed by atoms with van der Waals surface area (Å²) in [7, 11) is 0. The molecule has 0 radical (unpaired) electrons. The van der Waals surface area contributed by atoms with Gasteiger partial charge in [-0.3, -0.25) is 9.78 Å². The van der Waals surface area contributed by atoms with Crippen LogP contribution in [0.25, 0.3) is 20.8 Å². The van der Waals surface area contributed by atoms with Crippen molar-refractivity contribution in [2.24, 2.45) is 0 Å². The molecule has 0 N–H and O–H groups in total. The van der Waals surface area contributed by atoms with Gasteiger partial charge in [0.1, 0.15) is 5.01 Å². The Hall–Kier alpha value is -2.85. The van der Waals surface area contributed by atoms with E-state index in [1.54, 1.807) is 11.3 Å². The number of thiazole rings is 1. The molecule has 138 valence electrons. The number of ketones is 1. The van der Waals surface area contributed by atoms with E-state index in [9.17, 15) is 4.79 Å². The number of rotatable bonds is 4. The number of carbonyl (C=O) groups is 1. The molecule has 1 atom stereocenters. The zero-order chi connectivity index (χ0) is 19.1. The highest BCUT2D eigenvalue weighted by Crippen LogP contribution is 2.36. The van der Waals surface area contributed by atoms with Gasteiger partial charge >= 0.3 is 0 Å². The Morgan fingerprint density at radius 3 is 2.93 bits per heavy atom. The molecule has 0 unspecified atom stereocenters. The number of aryl methyl sites for hydroxylation is 2. The van der Waals surface area contributed by atoms with Gasteiger partial charge in [0.05, 0.1) is 10.2 Å². The summed E-state index contributed by atoms with van der Waals surface area (Å²) in [5.41, 5.74) is 6.61. The van der Waals surface area contributed by atoms with E-state index >= 15 is 0 Å². The Morgan fingerprint density at radius 1 is 1.14 bits per heavy atom. The summed E-state index contributed by atoms with van der Waals surface area (Å²) in [5.74, 6) is 0.561. The van der Waals surface area contributed by atoms with E-state index in [1.807, 2.05) is 37.5 Å². The number of hydrogen-bond acceptors (Lipinski definition) is 4. The molecule has 2 aromatic carbocycles. The van der Waals surface area contributed by atoms with E-state index in [0.717, 1.165) is 44.8 Å². The average molecular weight is 385 g/mol. The molecule has 0 saturated heterocycles. The van der Waals surface area contributed by atoms with Gasteiger partial charge in [0.15, 0.2) is 5.78 Å². The lowest BCUT2D eigenvalue weighted by Crippen LogP contribution is -2.05. The number of aromatic nitrogens is 2. The maximum atomic E-state index is 12.9. The van der Waals surface area contributed by atoms with Crippen LogP contribution >= 0.6 is 11.3 Å². The average Bonchev–Trinajstić information content (AvgIpc) is 3.32. The molecule has 3 nitrogen and oxygen atoms in total. The van der Waals surface area contributed by atoms with Crippen LogP contribution in [0, 0.1) is 6.92 Å². The minimum Gasteiger partial charge on any atom is -0.294 e. The lowest BCUT2D eigenvalue weighted by molar-refractivity contribution is 0.0973. The van der Waals surface area contributed by atoms with Crippen LogP contribution in [0.4, 0.5) is 0 Å². The van der Waals surface area contributed by atoms with E-state index in [0.29, 0.717) is 12.3 Å². The molecule has 0 fully saturated rings. The van der Waals surface area contributed by atoms with Gasteiger partial charge in [0.25, 0.3) is 0 Å². The predicted octanol–water partition coefficient (Wildman–Crippen LogP) is 5.97. The molecule has 4 heteroatoms. The lowest BCUT2D eigenvalue weighted by Gasteiger charge is -2.10. The molecule has 4 aromatic rings. The third kappa shape index (κ3) is 3.14. The smallest absolute Gasteiger partial charge is 0.163 e. The third-order valence-electron chi connectivity index (χ3n) is 5.52. The van der Waals surface area contributed by atoms with Crippen LogP contribution in [0.1, 0.15) is 45.8 Å². The third-order valence-corrected chi connectivity index (χ3v) is 6.59. The molecule has 0 bridgehead atoms. The topological polar surface area (TPSA) is 42.9 Å². The number of Topliss-reactive ketones (excluding diaryl/α,β-unsaturated/α-hetero) is 1. The van der Waals surface area contributed by atoms with Crippen molar-refractivity contribution >= 4 is 27.3 Å². The first-order valence-electron chi connectivity index (χ1n) is 9.61. The van der Waals surface area contributed by atoms with Crippen LogP contribution in [0.5, 0.6) is 0 Å². The Morgan fingerprint density at radius 2 is 2.04 bits per heavy atom. The molecule has 1 aliphatic carbocycles. The van der Waals surface area contributed by atoms with Crippen molar-refractivity contribution in [3.8, 4) is 10.6 Å². The van der Waals surface area contributed by atoms with E-state index in [4.69, 9.17) is 4.98 Å². The van der Waals surface area contributed by atoms with Crippen LogP contribution < -0.4 is 0 Å². The molecule has 28 heavy (non-hydrogen) atoms. The number of benzene rings is 2. The summed E-state index contributed by atoms with van der Waals surface area (Å²) in [4.78, 5) is 21.9. The molecule has 0 saturated carbocycles. The summed E-state index contributed by atoms with van der Waals surface area (Å²) < 4.78 is 1.05. The molecule has 0 aliphatic heterocycles. The number of pyridine rings is 1. The van der Waals surface area contributed by atoms with Crippen molar-refractivity contribution in [2.45, 2.75) is 32.1 Å². The van der Waals surface area contributed by atoms with Gasteiger partial charge in [0, 0.05) is 29.9 Å². The highest BCUT2D eigenvalue weighted by molar-refractivity contribution is 7.21. The second-order valence-electron chi connectivity index (χ2n) is 7.51. The Balaban J connectivity index is 1.41. The molecule has 1 aliphatic rings. The van der Waals surface area contributed by atoms with Gasteiger partial charge in [-0.25, -0.2) is 4.98 Å². The van der Waals surface area contributed by atoms with Crippen molar-refractivity contribution in [2.75, 3.05) is 0 Å². The summed E-state index contributed by atoms with van der Waals surface area (Å²) >= 11 is 1.62. The van der Waals surface area contributed by atoms with E-state index in [2.05, 4.69) is 35.3 Å². The van der Waals surface area contributed by atoms with Crippen LogP contribution in [0.2, 0.25) is 0 Å². The van der Waals surface area contributed by atoms with Crippen molar-refractivity contribution in [3.63, 3.8) is 0 Å². The van der Waals surface area contributed by atoms with Gasteiger partial charge in [-0.05, 0) is 66.6 Å². The first kappa shape index (κ1) is 17.3. The second kappa shape index (κ2) is 6.95. The lowest BCUT2D eigenvalue weighted by atomic mass is 9.93. The standard InChI is InChI=1S/C24H20N2OS/c1-15-10-19(14-25-13-15)24-26-21-9-8-18(12-23(21)28-24)22(27)11-17-7-6-16-4-2-3-5-20(16)17/h2-5,8-10,12-14,17H,6-7,11H2,1H3/t17-/m1/s1. The summed E-state index contributed by atoms with van der Waals surface area (Å²) in [6, 6.07) is 16.5. The zero-order valence-electron chi connectivity index (χ0n) is 15.7. The minimum atomic E-state index is 0.218. The second-order valence-corrected chi connectivity index (χ2v) is 8.54. The summed E-state index contributed by atoms with van der Waals surface area (Å²) in [6.07, 6.45) is 6.41. The molecule has 5 rings (SSSR count). The quantitative estimate of drug-likeness (QED) is 0.407. The fourth-order valence-corrected chi connectivity index (χ4v) is 5.08. The first-order chi connectivity index (χ1) is 13.7. The molecule has 2 heterocycles. The predicted molar refractivity (Wildman–Crippen MR) is 114 cm³/mol. The fraction of sp³-hybridized carbons (Fsp3) is 0.208. The van der Waals surface area contributed by atoms with E-state index in [-0.39, 0.29) is 5.78 Å². The zero-order valence-corrected chi connectivity index (χ0v) is 16.5. The number of carbonyl (C=O) groups excluding carboxylic acids is 1. The number of hydrogen-bond donors (Lipinski definition) is 0.